The predicted octanol–water partition coefficient (Wildman–Crippen LogP) is 2.60. The van der Waals surface area contributed by atoms with Crippen molar-refractivity contribution in [2.75, 3.05) is 7.11 Å². The summed E-state index contributed by atoms with van der Waals surface area (Å²) in [5, 5.41) is 9.51. The van der Waals surface area contributed by atoms with Crippen molar-refractivity contribution >= 4 is 11.8 Å². The van der Waals surface area contributed by atoms with Crippen LogP contribution in [0.25, 0.3) is 11.1 Å². The average molecular weight is 342 g/mol. The second-order valence-corrected chi connectivity index (χ2v) is 6.06. The molecule has 3 rings (SSSR count). The summed E-state index contributed by atoms with van der Waals surface area (Å²) in [7, 11) is 1.62. The molecular formula is C17H14N2O4S. The summed E-state index contributed by atoms with van der Waals surface area (Å²) in [5.74, 6) is 0.785. The first-order valence-corrected chi connectivity index (χ1v) is 7.86. The summed E-state index contributed by atoms with van der Waals surface area (Å²) in [4.78, 5) is 26.1. The maximum atomic E-state index is 11.4. The van der Waals surface area contributed by atoms with Gasteiger partial charge in [0.15, 0.2) is 0 Å². The van der Waals surface area contributed by atoms with Gasteiger partial charge in [0.05, 0.1) is 12.1 Å². The molecule has 0 aliphatic heterocycles. The molecule has 2 N–H and O–H groups in total. The highest BCUT2D eigenvalue weighted by Crippen LogP contribution is 2.29. The van der Waals surface area contributed by atoms with Crippen LogP contribution in [0.15, 0.2) is 74.1 Å². The van der Waals surface area contributed by atoms with E-state index in [0.29, 0.717) is 5.03 Å². The van der Waals surface area contributed by atoms with Gasteiger partial charge < -0.3 is 9.94 Å². The quantitative estimate of drug-likeness (QED) is 0.562. The first-order valence-electron chi connectivity index (χ1n) is 7.05. The van der Waals surface area contributed by atoms with E-state index in [2.05, 4.69) is 4.98 Å². The molecule has 0 aliphatic carbocycles. The van der Waals surface area contributed by atoms with Gasteiger partial charge in [0, 0.05) is 11.0 Å². The van der Waals surface area contributed by atoms with E-state index >= 15 is 0 Å². The van der Waals surface area contributed by atoms with Gasteiger partial charge in [-0.05, 0) is 35.4 Å². The van der Waals surface area contributed by atoms with E-state index in [1.807, 2.05) is 48.5 Å². The zero-order valence-corrected chi connectivity index (χ0v) is 13.5. The third-order valence-corrected chi connectivity index (χ3v) is 4.32. The molecule has 0 radical (unpaired) electrons. The number of aromatic nitrogens is 2. The minimum atomic E-state index is -0.863. The van der Waals surface area contributed by atoms with E-state index in [1.54, 1.807) is 7.11 Å². The normalized spacial score (nSPS) is 10.5. The number of ether oxygens (including phenoxy) is 1. The molecule has 0 saturated carbocycles. The molecule has 6 nitrogen and oxygen atoms in total. The number of nitrogens with zero attached hydrogens (tertiary/aromatic N) is 1. The Bertz CT molecular complexity index is 946. The van der Waals surface area contributed by atoms with Crippen LogP contribution >= 0.6 is 11.8 Å². The molecule has 0 bridgehead atoms. The minimum absolute atomic E-state index is 0.0376. The summed E-state index contributed by atoms with van der Waals surface area (Å²) in [5.41, 5.74) is 0.423. The molecule has 0 saturated heterocycles. The van der Waals surface area contributed by atoms with E-state index in [4.69, 9.17) is 9.94 Å². The molecule has 1 aromatic heterocycles. The fourth-order valence-electron chi connectivity index (χ4n) is 2.17. The molecule has 0 unspecified atom stereocenters. The molecule has 24 heavy (non-hydrogen) atoms. The molecule has 3 aromatic rings. The van der Waals surface area contributed by atoms with Crippen LogP contribution in [-0.2, 0) is 0 Å². The van der Waals surface area contributed by atoms with Gasteiger partial charge in [-0.25, -0.2) is 4.79 Å². The zero-order chi connectivity index (χ0) is 17.1. The number of hydrogen-bond donors (Lipinski definition) is 2. The van der Waals surface area contributed by atoms with Crippen LogP contribution in [0.1, 0.15) is 0 Å². The summed E-state index contributed by atoms with van der Waals surface area (Å²) in [6.45, 7) is 0. The van der Waals surface area contributed by atoms with Crippen LogP contribution in [0.4, 0.5) is 0 Å². The average Bonchev–Trinajstić information content (AvgIpc) is 2.60. The van der Waals surface area contributed by atoms with Crippen molar-refractivity contribution in [1.29, 1.82) is 0 Å². The molecule has 0 atom stereocenters. The Morgan fingerprint density at radius 1 is 1.04 bits per heavy atom. The van der Waals surface area contributed by atoms with Crippen molar-refractivity contribution in [1.82, 2.24) is 9.71 Å². The van der Waals surface area contributed by atoms with Crippen molar-refractivity contribution in [3.63, 3.8) is 0 Å². The van der Waals surface area contributed by atoms with Gasteiger partial charge in [-0.1, -0.05) is 40.8 Å². The smallest absolute Gasteiger partial charge is 0.362 e. The second kappa shape index (κ2) is 6.67. The van der Waals surface area contributed by atoms with E-state index < -0.39 is 11.2 Å². The number of methoxy groups -OCH3 is 1. The monoisotopic (exact) mass is 342 g/mol. The fourth-order valence-corrected chi connectivity index (χ4v) is 2.99. The first kappa shape index (κ1) is 15.9. The molecule has 2 aromatic carbocycles. The Hall–Kier alpha value is -2.93. The molecule has 1 heterocycles. The topological polar surface area (TPSA) is 84.3 Å². The third-order valence-electron chi connectivity index (χ3n) is 3.37. The van der Waals surface area contributed by atoms with Crippen LogP contribution in [0.5, 0.6) is 5.75 Å². The Balaban J connectivity index is 1.84. The lowest BCUT2D eigenvalue weighted by molar-refractivity contribution is 0.159. The van der Waals surface area contributed by atoms with Gasteiger partial charge in [0.1, 0.15) is 5.75 Å². The SMILES string of the molecule is COc1cccc(-c2ccc(Sc3cc(=O)n(O)c(=O)[nH]3)cc2)c1. The Morgan fingerprint density at radius 2 is 1.79 bits per heavy atom. The molecule has 0 fully saturated rings. The fraction of sp³-hybridized carbons (Fsp3) is 0.0588. The number of rotatable bonds is 4. The van der Waals surface area contributed by atoms with E-state index in [1.165, 1.54) is 17.8 Å². The van der Waals surface area contributed by atoms with Gasteiger partial charge in [-0.3, -0.25) is 9.78 Å². The third kappa shape index (κ3) is 3.36. The van der Waals surface area contributed by atoms with E-state index in [0.717, 1.165) is 21.8 Å². The Morgan fingerprint density at radius 3 is 2.46 bits per heavy atom. The summed E-state index contributed by atoms with van der Waals surface area (Å²) in [6, 6.07) is 16.6. The maximum Gasteiger partial charge on any atom is 0.362 e. The van der Waals surface area contributed by atoms with E-state index in [-0.39, 0.29) is 4.73 Å². The van der Waals surface area contributed by atoms with Crippen molar-refractivity contribution in [3.05, 3.63) is 75.4 Å². The lowest BCUT2D eigenvalue weighted by atomic mass is 10.1. The molecule has 7 heteroatoms. The highest BCUT2D eigenvalue weighted by Gasteiger charge is 2.05. The second-order valence-electron chi connectivity index (χ2n) is 4.95. The van der Waals surface area contributed by atoms with Gasteiger partial charge in [0.2, 0.25) is 0 Å². The van der Waals surface area contributed by atoms with Crippen molar-refractivity contribution in [2.45, 2.75) is 9.92 Å². The lowest BCUT2D eigenvalue weighted by Crippen LogP contribution is -2.32. The highest BCUT2D eigenvalue weighted by atomic mass is 32.2. The van der Waals surface area contributed by atoms with Gasteiger partial charge >= 0.3 is 5.69 Å². The van der Waals surface area contributed by atoms with Crippen LogP contribution in [-0.4, -0.2) is 22.0 Å². The largest absolute Gasteiger partial charge is 0.497 e. The summed E-state index contributed by atoms with van der Waals surface area (Å²) in [6.07, 6.45) is 0. The van der Waals surface area contributed by atoms with Gasteiger partial charge in [-0.15, -0.1) is 0 Å². The van der Waals surface area contributed by atoms with Crippen LogP contribution in [0, 0.1) is 0 Å². The van der Waals surface area contributed by atoms with E-state index in [9.17, 15) is 9.59 Å². The lowest BCUT2D eigenvalue weighted by Gasteiger charge is -2.06. The summed E-state index contributed by atoms with van der Waals surface area (Å²) >= 11 is 1.23. The van der Waals surface area contributed by atoms with Crippen LogP contribution < -0.4 is 16.0 Å². The number of aromatic amines is 1. The van der Waals surface area contributed by atoms with Gasteiger partial charge in [-0.2, -0.15) is 0 Å². The highest BCUT2D eigenvalue weighted by molar-refractivity contribution is 7.99. The van der Waals surface area contributed by atoms with Crippen molar-refractivity contribution in [2.24, 2.45) is 0 Å². The molecule has 0 spiro atoms. The number of benzene rings is 2. The summed E-state index contributed by atoms with van der Waals surface area (Å²) < 4.78 is 5.26. The molecule has 122 valence electrons. The number of H-pyrrole nitrogens is 1. The zero-order valence-electron chi connectivity index (χ0n) is 12.7. The number of hydrogen-bond acceptors (Lipinski definition) is 5. The molecule has 0 aliphatic rings. The van der Waals surface area contributed by atoms with Crippen molar-refractivity contribution < 1.29 is 9.94 Å². The predicted molar refractivity (Wildman–Crippen MR) is 91.1 cm³/mol. The number of nitrogens with one attached hydrogen (secondary N) is 1. The van der Waals surface area contributed by atoms with Gasteiger partial charge in [0.25, 0.3) is 5.56 Å². The molecule has 0 amide bonds. The standard InChI is InChI=1S/C17H14N2O4S/c1-23-13-4-2-3-12(9-13)11-5-7-14(8-6-11)24-15-10-16(20)19(22)17(21)18-15/h2-10,22H,1H3,(H,18,21). The van der Waals surface area contributed by atoms with Crippen LogP contribution in [0.2, 0.25) is 0 Å². The first-order chi connectivity index (χ1) is 11.6. The maximum absolute atomic E-state index is 11.4. The minimum Gasteiger partial charge on any atom is -0.497 e. The molecular weight excluding hydrogens is 328 g/mol. The van der Waals surface area contributed by atoms with Crippen molar-refractivity contribution in [3.8, 4) is 16.9 Å². The Labute approximate surface area is 141 Å². The Kier molecular flexibility index (Phi) is 4.43. The van der Waals surface area contributed by atoms with Crippen LogP contribution in [0.3, 0.4) is 0 Å².